The Kier molecular flexibility index (Phi) is 4.65. The average Bonchev–Trinajstić information content (AvgIpc) is 2.98. The highest BCUT2D eigenvalue weighted by atomic mass is 19.1. The van der Waals surface area contributed by atoms with Crippen LogP contribution in [0.15, 0.2) is 54.7 Å². The van der Waals surface area contributed by atoms with Crippen molar-refractivity contribution in [3.8, 4) is 5.69 Å². The number of benzene rings is 2. The number of rotatable bonds is 4. The lowest BCUT2D eigenvalue weighted by molar-refractivity contribution is 0.0940. The molecule has 1 atom stereocenters. The van der Waals surface area contributed by atoms with Gasteiger partial charge in [0.05, 0.1) is 17.9 Å². The van der Waals surface area contributed by atoms with Crippen LogP contribution in [0.3, 0.4) is 0 Å². The third-order valence-electron chi connectivity index (χ3n) is 4.25. The molecule has 0 spiro atoms. The molecule has 25 heavy (non-hydrogen) atoms. The van der Waals surface area contributed by atoms with Crippen molar-refractivity contribution in [1.29, 1.82) is 0 Å². The molecule has 1 amide bonds. The summed E-state index contributed by atoms with van der Waals surface area (Å²) in [5.74, 6) is -0.408. The van der Waals surface area contributed by atoms with Crippen LogP contribution in [0.1, 0.15) is 40.1 Å². The van der Waals surface area contributed by atoms with E-state index in [1.165, 1.54) is 12.1 Å². The maximum absolute atomic E-state index is 13.1. The Bertz CT molecular complexity index is 882. The minimum absolute atomic E-state index is 0.124. The van der Waals surface area contributed by atoms with Crippen LogP contribution in [0, 0.1) is 19.7 Å². The van der Waals surface area contributed by atoms with Gasteiger partial charge >= 0.3 is 0 Å². The fourth-order valence-corrected chi connectivity index (χ4v) is 2.75. The number of hydrogen-bond acceptors (Lipinski definition) is 2. The first-order chi connectivity index (χ1) is 12.0. The molecule has 0 bridgehead atoms. The van der Waals surface area contributed by atoms with Crippen LogP contribution in [-0.2, 0) is 0 Å². The van der Waals surface area contributed by atoms with Crippen LogP contribution in [0.25, 0.3) is 5.69 Å². The minimum atomic E-state index is -0.285. The van der Waals surface area contributed by atoms with Crippen LogP contribution in [0.4, 0.5) is 4.39 Å². The van der Waals surface area contributed by atoms with Crippen molar-refractivity contribution < 1.29 is 9.18 Å². The van der Waals surface area contributed by atoms with E-state index in [2.05, 4.69) is 10.4 Å². The van der Waals surface area contributed by atoms with Crippen molar-refractivity contribution in [3.63, 3.8) is 0 Å². The summed E-state index contributed by atoms with van der Waals surface area (Å²) in [5, 5.41) is 7.37. The van der Waals surface area contributed by atoms with Gasteiger partial charge in [0.2, 0.25) is 0 Å². The molecule has 1 aromatic heterocycles. The normalized spacial score (nSPS) is 12.0. The molecular weight excluding hydrogens is 317 g/mol. The number of aryl methyl sites for hydroxylation is 1. The van der Waals surface area contributed by atoms with Crippen molar-refractivity contribution in [2.75, 3.05) is 0 Å². The molecule has 1 unspecified atom stereocenters. The predicted octanol–water partition coefficient (Wildman–Crippen LogP) is 4.12. The van der Waals surface area contributed by atoms with E-state index in [1.54, 1.807) is 23.0 Å². The highest BCUT2D eigenvalue weighted by molar-refractivity contribution is 5.94. The highest BCUT2D eigenvalue weighted by Gasteiger charge is 2.17. The minimum Gasteiger partial charge on any atom is -0.345 e. The van der Waals surface area contributed by atoms with Gasteiger partial charge in [-0.3, -0.25) is 4.79 Å². The van der Waals surface area contributed by atoms with Gasteiger partial charge in [-0.25, -0.2) is 9.07 Å². The van der Waals surface area contributed by atoms with Crippen LogP contribution in [-0.4, -0.2) is 15.7 Å². The number of carbonyl (C=O) groups is 1. The third kappa shape index (κ3) is 3.60. The zero-order valence-corrected chi connectivity index (χ0v) is 14.5. The Balaban J connectivity index is 1.78. The number of aromatic nitrogens is 2. The molecule has 0 saturated heterocycles. The van der Waals surface area contributed by atoms with Gasteiger partial charge in [0.15, 0.2) is 0 Å². The van der Waals surface area contributed by atoms with Gasteiger partial charge in [-0.2, -0.15) is 5.10 Å². The summed E-state index contributed by atoms with van der Waals surface area (Å²) < 4.78 is 14.8. The number of nitrogens with zero attached hydrogens (tertiary/aromatic N) is 2. The molecule has 0 aliphatic heterocycles. The van der Waals surface area contributed by atoms with E-state index in [4.69, 9.17) is 0 Å². The first-order valence-electron chi connectivity index (χ1n) is 8.13. The Hall–Kier alpha value is -2.95. The summed E-state index contributed by atoms with van der Waals surface area (Å²) >= 11 is 0. The molecule has 0 saturated carbocycles. The quantitative estimate of drug-likeness (QED) is 0.778. The van der Waals surface area contributed by atoms with Gasteiger partial charge in [0.25, 0.3) is 5.91 Å². The van der Waals surface area contributed by atoms with E-state index < -0.39 is 0 Å². The molecule has 2 aromatic carbocycles. The number of amides is 1. The maximum Gasteiger partial charge on any atom is 0.251 e. The van der Waals surface area contributed by atoms with Crippen LogP contribution >= 0.6 is 0 Å². The van der Waals surface area contributed by atoms with Crippen molar-refractivity contribution in [3.05, 3.63) is 82.9 Å². The second-order valence-corrected chi connectivity index (χ2v) is 6.13. The fourth-order valence-electron chi connectivity index (χ4n) is 2.75. The van der Waals surface area contributed by atoms with Crippen molar-refractivity contribution >= 4 is 5.91 Å². The topological polar surface area (TPSA) is 46.9 Å². The molecule has 0 aliphatic rings. The summed E-state index contributed by atoms with van der Waals surface area (Å²) in [6.07, 6.45) is 1.73. The van der Waals surface area contributed by atoms with Gasteiger partial charge in [-0.15, -0.1) is 0 Å². The number of halogens is 1. The molecular formula is C20H20FN3O. The monoisotopic (exact) mass is 337 g/mol. The summed E-state index contributed by atoms with van der Waals surface area (Å²) in [7, 11) is 0. The average molecular weight is 337 g/mol. The maximum atomic E-state index is 13.1. The molecule has 1 heterocycles. The Morgan fingerprint density at radius 1 is 1.08 bits per heavy atom. The second kappa shape index (κ2) is 6.89. The molecule has 0 fully saturated rings. The SMILES string of the molecule is Cc1ccc(C(=O)NC(C)c2cnn(-c3ccc(F)cc3)c2C)cc1. The molecule has 0 radical (unpaired) electrons. The van der Waals surface area contributed by atoms with Crippen LogP contribution < -0.4 is 5.32 Å². The van der Waals surface area contributed by atoms with Gasteiger partial charge in [0, 0.05) is 16.8 Å². The molecule has 1 N–H and O–H groups in total. The van der Waals surface area contributed by atoms with Crippen molar-refractivity contribution in [2.24, 2.45) is 0 Å². The number of carbonyl (C=O) groups excluding carboxylic acids is 1. The van der Waals surface area contributed by atoms with E-state index in [1.807, 2.05) is 45.0 Å². The Morgan fingerprint density at radius 2 is 1.72 bits per heavy atom. The summed E-state index contributed by atoms with van der Waals surface area (Å²) in [5.41, 5.74) is 4.34. The molecule has 0 aliphatic carbocycles. The van der Waals surface area contributed by atoms with E-state index in [0.29, 0.717) is 5.56 Å². The van der Waals surface area contributed by atoms with E-state index in [0.717, 1.165) is 22.5 Å². The first kappa shape index (κ1) is 16.9. The lowest BCUT2D eigenvalue weighted by Crippen LogP contribution is -2.26. The zero-order valence-electron chi connectivity index (χ0n) is 14.5. The van der Waals surface area contributed by atoms with Crippen molar-refractivity contribution in [2.45, 2.75) is 26.8 Å². The van der Waals surface area contributed by atoms with E-state index >= 15 is 0 Å². The molecule has 5 heteroatoms. The standard InChI is InChI=1S/C20H20FN3O/c1-13-4-6-16(7-5-13)20(25)23-14(2)19-12-22-24(15(19)3)18-10-8-17(21)9-11-18/h4-12,14H,1-3H3,(H,23,25). The second-order valence-electron chi connectivity index (χ2n) is 6.13. The van der Waals surface area contributed by atoms with Gasteiger partial charge in [-0.1, -0.05) is 17.7 Å². The van der Waals surface area contributed by atoms with Crippen LogP contribution in [0.5, 0.6) is 0 Å². The number of nitrogens with one attached hydrogen (secondary N) is 1. The number of hydrogen-bond donors (Lipinski definition) is 1. The lowest BCUT2D eigenvalue weighted by Gasteiger charge is -2.14. The van der Waals surface area contributed by atoms with Gasteiger partial charge < -0.3 is 5.32 Å². The lowest BCUT2D eigenvalue weighted by atomic mass is 10.1. The third-order valence-corrected chi connectivity index (χ3v) is 4.25. The molecule has 128 valence electrons. The van der Waals surface area contributed by atoms with Gasteiger partial charge in [-0.05, 0) is 57.2 Å². The highest BCUT2D eigenvalue weighted by Crippen LogP contribution is 2.21. The molecule has 3 aromatic rings. The summed E-state index contributed by atoms with van der Waals surface area (Å²) in [6, 6.07) is 13.4. The summed E-state index contributed by atoms with van der Waals surface area (Å²) in [6.45, 7) is 5.84. The van der Waals surface area contributed by atoms with Crippen LogP contribution in [0.2, 0.25) is 0 Å². The van der Waals surface area contributed by atoms with E-state index in [9.17, 15) is 9.18 Å². The fraction of sp³-hybridized carbons (Fsp3) is 0.200. The molecule has 4 nitrogen and oxygen atoms in total. The van der Waals surface area contributed by atoms with Crippen molar-refractivity contribution in [1.82, 2.24) is 15.1 Å². The smallest absolute Gasteiger partial charge is 0.251 e. The van der Waals surface area contributed by atoms with E-state index in [-0.39, 0.29) is 17.8 Å². The van der Waals surface area contributed by atoms with Gasteiger partial charge in [0.1, 0.15) is 5.82 Å². The zero-order chi connectivity index (χ0) is 18.0. The predicted molar refractivity (Wildman–Crippen MR) is 95.3 cm³/mol. The Morgan fingerprint density at radius 3 is 2.36 bits per heavy atom. The molecule has 3 rings (SSSR count). The summed E-state index contributed by atoms with van der Waals surface area (Å²) in [4.78, 5) is 12.4. The largest absolute Gasteiger partial charge is 0.345 e. The first-order valence-corrected chi connectivity index (χ1v) is 8.13. The Labute approximate surface area is 146 Å².